The van der Waals surface area contributed by atoms with Crippen molar-refractivity contribution in [1.29, 1.82) is 0 Å². The van der Waals surface area contributed by atoms with E-state index in [0.29, 0.717) is 34.6 Å². The van der Waals surface area contributed by atoms with Gasteiger partial charge in [0, 0.05) is 17.7 Å². The van der Waals surface area contributed by atoms with E-state index >= 15 is 0 Å². The van der Waals surface area contributed by atoms with E-state index in [1.165, 1.54) is 0 Å². The average Bonchev–Trinajstić information content (AvgIpc) is 2.97. The zero-order chi connectivity index (χ0) is 23.3. The van der Waals surface area contributed by atoms with Gasteiger partial charge in [-0.05, 0) is 58.0 Å². The average molecular weight is 458 g/mol. The van der Waals surface area contributed by atoms with Gasteiger partial charge in [0.15, 0.2) is 9.84 Å². The Morgan fingerprint density at radius 1 is 1.16 bits per heavy atom. The second-order valence-electron chi connectivity index (χ2n) is 8.76. The topological polar surface area (TPSA) is 99.4 Å². The van der Waals surface area contributed by atoms with Gasteiger partial charge in [-0.15, -0.1) is 0 Å². The van der Waals surface area contributed by atoms with E-state index in [2.05, 4.69) is 5.32 Å². The minimum Gasteiger partial charge on any atom is -0.494 e. The minimum absolute atomic E-state index is 0.0722. The van der Waals surface area contributed by atoms with E-state index in [-0.39, 0.29) is 29.1 Å². The number of hydrogen-bond donors (Lipinski definition) is 1. The fourth-order valence-electron chi connectivity index (χ4n) is 4.34. The Balaban J connectivity index is 1.78. The first-order chi connectivity index (χ1) is 15.0. The number of sulfone groups is 1. The molecular formula is C23H27N3O5S. The molecule has 1 fully saturated rings. The molecule has 1 N–H and O–H groups in total. The maximum Gasteiger partial charge on any atom is 0.333 e. The summed E-state index contributed by atoms with van der Waals surface area (Å²) in [5, 5.41) is 2.82. The molecule has 170 valence electrons. The van der Waals surface area contributed by atoms with Gasteiger partial charge < -0.3 is 10.1 Å². The van der Waals surface area contributed by atoms with E-state index in [1.54, 1.807) is 34.3 Å². The molecule has 1 aliphatic rings. The zero-order valence-electron chi connectivity index (χ0n) is 18.6. The van der Waals surface area contributed by atoms with Crippen molar-refractivity contribution in [2.75, 3.05) is 18.1 Å². The van der Waals surface area contributed by atoms with Gasteiger partial charge in [-0.1, -0.05) is 6.07 Å². The van der Waals surface area contributed by atoms with Crippen molar-refractivity contribution in [3.63, 3.8) is 0 Å². The summed E-state index contributed by atoms with van der Waals surface area (Å²) < 4.78 is 31.9. The first-order valence-electron chi connectivity index (χ1n) is 10.6. The van der Waals surface area contributed by atoms with Crippen LogP contribution in [0.25, 0.3) is 16.7 Å². The van der Waals surface area contributed by atoms with Gasteiger partial charge in [0.1, 0.15) is 5.75 Å². The third-order valence-corrected chi connectivity index (χ3v) is 7.68. The van der Waals surface area contributed by atoms with Crippen LogP contribution in [0, 0.1) is 0 Å². The van der Waals surface area contributed by atoms with Crippen molar-refractivity contribution in [1.82, 2.24) is 14.5 Å². The fraction of sp³-hybridized carbons (Fsp3) is 0.391. The predicted molar refractivity (Wildman–Crippen MR) is 124 cm³/mol. The Labute approximate surface area is 186 Å². The molecule has 1 aromatic heterocycles. The Morgan fingerprint density at radius 3 is 2.50 bits per heavy atom. The van der Waals surface area contributed by atoms with Crippen molar-refractivity contribution in [3.05, 3.63) is 58.5 Å². The van der Waals surface area contributed by atoms with Gasteiger partial charge in [0.25, 0.3) is 5.91 Å². The molecule has 4 rings (SSSR count). The molecule has 0 spiro atoms. The number of fused-ring (bicyclic) bond motifs is 1. The van der Waals surface area contributed by atoms with E-state index in [1.807, 2.05) is 45.0 Å². The first kappa shape index (κ1) is 22.1. The number of nitrogens with one attached hydrogen (secondary N) is 1. The van der Waals surface area contributed by atoms with Crippen molar-refractivity contribution in [2.24, 2.45) is 0 Å². The highest BCUT2D eigenvalue weighted by atomic mass is 32.2. The van der Waals surface area contributed by atoms with Crippen LogP contribution in [0.15, 0.2) is 47.3 Å². The van der Waals surface area contributed by atoms with E-state index in [0.717, 1.165) is 0 Å². The molecule has 0 radical (unpaired) electrons. The number of benzene rings is 2. The molecular weight excluding hydrogens is 430 g/mol. The zero-order valence-corrected chi connectivity index (χ0v) is 19.4. The van der Waals surface area contributed by atoms with Crippen LogP contribution in [-0.4, -0.2) is 47.1 Å². The molecule has 0 unspecified atom stereocenters. The Kier molecular flexibility index (Phi) is 5.40. The van der Waals surface area contributed by atoms with E-state index in [9.17, 15) is 18.0 Å². The van der Waals surface area contributed by atoms with Crippen molar-refractivity contribution >= 4 is 26.8 Å². The lowest BCUT2D eigenvalue weighted by atomic mass is 10.1. The normalized spacial score (nSPS) is 16.7. The van der Waals surface area contributed by atoms with Crippen LogP contribution in [0.1, 0.15) is 44.1 Å². The Hall–Kier alpha value is -3.07. The maximum absolute atomic E-state index is 13.4. The molecule has 1 saturated heterocycles. The molecule has 3 aromatic rings. The Morgan fingerprint density at radius 2 is 1.88 bits per heavy atom. The number of carbonyl (C=O) groups excluding carboxylic acids is 1. The third kappa shape index (κ3) is 3.92. The molecule has 0 aliphatic carbocycles. The van der Waals surface area contributed by atoms with Crippen LogP contribution >= 0.6 is 0 Å². The molecule has 2 aromatic carbocycles. The standard InChI is InChI=1S/C23H27N3O5S/c1-5-31-18-8-6-7-17(12-18)26-19-10-9-16(11-20(19)25(15(2)3)22(26)28)21(27)24-23(4)13-32(29,30)14-23/h6-12,15H,5,13-14H2,1-4H3,(H,24,27). The van der Waals surface area contributed by atoms with Crippen molar-refractivity contribution in [2.45, 2.75) is 39.3 Å². The quantitative estimate of drug-likeness (QED) is 0.614. The van der Waals surface area contributed by atoms with Gasteiger partial charge in [-0.3, -0.25) is 13.9 Å². The smallest absolute Gasteiger partial charge is 0.333 e. The summed E-state index contributed by atoms with van der Waals surface area (Å²) in [5.41, 5.74) is 1.37. The largest absolute Gasteiger partial charge is 0.494 e. The number of rotatable bonds is 6. The third-order valence-electron chi connectivity index (χ3n) is 5.53. The first-order valence-corrected chi connectivity index (χ1v) is 12.4. The van der Waals surface area contributed by atoms with Gasteiger partial charge in [0.2, 0.25) is 0 Å². The van der Waals surface area contributed by atoms with Gasteiger partial charge >= 0.3 is 5.69 Å². The second kappa shape index (κ2) is 7.81. The number of ether oxygens (including phenoxy) is 1. The summed E-state index contributed by atoms with van der Waals surface area (Å²) in [6, 6.07) is 12.3. The molecule has 9 heteroatoms. The summed E-state index contributed by atoms with van der Waals surface area (Å²) in [6.07, 6.45) is 0. The van der Waals surface area contributed by atoms with Gasteiger partial charge in [-0.2, -0.15) is 0 Å². The molecule has 2 heterocycles. The molecule has 0 saturated carbocycles. The van der Waals surface area contributed by atoms with Crippen LogP contribution in [0.2, 0.25) is 0 Å². The molecule has 1 aliphatic heterocycles. The number of imidazole rings is 1. The number of aromatic nitrogens is 2. The van der Waals surface area contributed by atoms with Crippen LogP contribution in [0.3, 0.4) is 0 Å². The molecule has 0 atom stereocenters. The van der Waals surface area contributed by atoms with Crippen LogP contribution in [0.5, 0.6) is 5.75 Å². The summed E-state index contributed by atoms with van der Waals surface area (Å²) >= 11 is 0. The van der Waals surface area contributed by atoms with Gasteiger partial charge in [0.05, 0.1) is 40.4 Å². The number of hydrogen-bond acceptors (Lipinski definition) is 5. The molecule has 8 nitrogen and oxygen atoms in total. The van der Waals surface area contributed by atoms with E-state index < -0.39 is 15.4 Å². The van der Waals surface area contributed by atoms with Gasteiger partial charge in [-0.25, -0.2) is 13.2 Å². The summed E-state index contributed by atoms with van der Waals surface area (Å²) in [7, 11) is -3.08. The Bertz CT molecular complexity index is 1360. The van der Waals surface area contributed by atoms with Crippen LogP contribution < -0.4 is 15.7 Å². The molecule has 1 amide bonds. The molecule has 0 bridgehead atoms. The fourth-order valence-corrected chi connectivity index (χ4v) is 6.34. The SMILES string of the molecule is CCOc1cccc(-n2c(=O)n(C(C)C)c3cc(C(=O)NC4(C)CS(=O)(=O)C4)ccc32)c1. The summed E-state index contributed by atoms with van der Waals surface area (Å²) in [4.78, 5) is 26.2. The summed E-state index contributed by atoms with van der Waals surface area (Å²) in [5.74, 6) is 0.161. The highest BCUT2D eigenvalue weighted by Crippen LogP contribution is 2.26. The lowest BCUT2D eigenvalue weighted by Gasteiger charge is -2.38. The monoisotopic (exact) mass is 457 g/mol. The highest BCUT2D eigenvalue weighted by Gasteiger charge is 2.45. The van der Waals surface area contributed by atoms with E-state index in [4.69, 9.17) is 4.74 Å². The number of nitrogens with zero attached hydrogens (tertiary/aromatic N) is 2. The second-order valence-corrected chi connectivity index (χ2v) is 10.8. The van der Waals surface area contributed by atoms with Crippen LogP contribution in [-0.2, 0) is 9.84 Å². The number of carbonyl (C=O) groups is 1. The van der Waals surface area contributed by atoms with Crippen molar-refractivity contribution in [3.8, 4) is 11.4 Å². The van der Waals surface area contributed by atoms with Crippen LogP contribution in [0.4, 0.5) is 0 Å². The minimum atomic E-state index is -3.08. The predicted octanol–water partition coefficient (Wildman–Crippen LogP) is 2.69. The highest BCUT2D eigenvalue weighted by molar-refractivity contribution is 7.93. The van der Waals surface area contributed by atoms with Crippen molar-refractivity contribution < 1.29 is 17.9 Å². The molecule has 32 heavy (non-hydrogen) atoms. The number of amides is 1. The maximum atomic E-state index is 13.4. The lowest BCUT2D eigenvalue weighted by Crippen LogP contribution is -2.63. The summed E-state index contributed by atoms with van der Waals surface area (Å²) in [6.45, 7) is 7.96. The lowest BCUT2D eigenvalue weighted by molar-refractivity contribution is 0.0917.